The average Bonchev–Trinajstić information content (AvgIpc) is 2.98. The summed E-state index contributed by atoms with van der Waals surface area (Å²) in [6, 6.07) is 15.7. The fourth-order valence-electron chi connectivity index (χ4n) is 3.65. The van der Waals surface area contributed by atoms with Gasteiger partial charge in [0, 0.05) is 5.56 Å². The third-order valence-electron chi connectivity index (χ3n) is 5.07. The van der Waals surface area contributed by atoms with Crippen LogP contribution in [0.3, 0.4) is 0 Å². The first-order valence-corrected chi connectivity index (χ1v) is 8.99. The van der Waals surface area contributed by atoms with E-state index in [1.807, 2.05) is 18.2 Å². The summed E-state index contributed by atoms with van der Waals surface area (Å²) >= 11 is 0. The fraction of sp³-hybridized carbons (Fsp3) is 0.227. The lowest BCUT2D eigenvalue weighted by atomic mass is 9.85. The van der Waals surface area contributed by atoms with Crippen LogP contribution in [0.2, 0.25) is 0 Å². The van der Waals surface area contributed by atoms with Gasteiger partial charge in [-0.25, -0.2) is 4.90 Å². The van der Waals surface area contributed by atoms with Crippen LogP contribution in [0.15, 0.2) is 66.7 Å². The summed E-state index contributed by atoms with van der Waals surface area (Å²) in [5.74, 6) is -0.806. The number of Topliss-reactive ketones (excluding diaryl/α,β-unsaturated/α-hetero) is 1. The van der Waals surface area contributed by atoms with Gasteiger partial charge in [-0.1, -0.05) is 54.6 Å². The second-order valence-electron chi connectivity index (χ2n) is 6.71. The third-order valence-corrected chi connectivity index (χ3v) is 5.07. The molecule has 1 saturated heterocycles. The van der Waals surface area contributed by atoms with E-state index >= 15 is 0 Å². The number of anilines is 1. The van der Waals surface area contributed by atoms with Crippen molar-refractivity contribution in [3.8, 4) is 5.75 Å². The fourth-order valence-corrected chi connectivity index (χ4v) is 3.65. The van der Waals surface area contributed by atoms with Gasteiger partial charge in [0.1, 0.15) is 5.75 Å². The van der Waals surface area contributed by atoms with Crippen molar-refractivity contribution < 1.29 is 19.1 Å². The van der Waals surface area contributed by atoms with Gasteiger partial charge < -0.3 is 4.74 Å². The molecule has 1 fully saturated rings. The number of imide groups is 1. The highest BCUT2D eigenvalue weighted by atomic mass is 16.5. The van der Waals surface area contributed by atoms with E-state index in [9.17, 15) is 14.4 Å². The van der Waals surface area contributed by atoms with Crippen molar-refractivity contribution in [2.45, 2.75) is 12.8 Å². The van der Waals surface area contributed by atoms with Gasteiger partial charge in [0.2, 0.25) is 11.8 Å². The molecule has 1 aliphatic carbocycles. The van der Waals surface area contributed by atoms with Gasteiger partial charge in [0.25, 0.3) is 0 Å². The quantitative estimate of drug-likeness (QED) is 0.465. The molecule has 0 spiro atoms. The molecule has 1 aliphatic heterocycles. The second-order valence-corrected chi connectivity index (χ2v) is 6.71. The number of allylic oxidation sites excluding steroid dienone is 2. The normalized spacial score (nSPS) is 21.3. The molecule has 136 valence electrons. The molecule has 0 saturated carbocycles. The van der Waals surface area contributed by atoms with Gasteiger partial charge in [-0.15, -0.1) is 0 Å². The number of para-hydroxylation sites is 2. The Morgan fingerprint density at radius 1 is 0.889 bits per heavy atom. The summed E-state index contributed by atoms with van der Waals surface area (Å²) in [7, 11) is 0. The zero-order chi connectivity index (χ0) is 18.8. The molecule has 4 rings (SSSR count). The van der Waals surface area contributed by atoms with E-state index in [1.165, 1.54) is 4.90 Å². The Morgan fingerprint density at radius 3 is 2.15 bits per heavy atom. The van der Waals surface area contributed by atoms with Crippen LogP contribution in [0.1, 0.15) is 23.2 Å². The maximum Gasteiger partial charge on any atom is 0.238 e. The Morgan fingerprint density at radius 2 is 1.48 bits per heavy atom. The SMILES string of the molecule is O=C(COc1ccccc1N1C(=O)[C@@H]2CC=CC[C@H]2C1=O)c1ccccc1. The number of rotatable bonds is 5. The van der Waals surface area contributed by atoms with Crippen molar-refractivity contribution in [1.82, 2.24) is 0 Å². The molecular weight excluding hydrogens is 342 g/mol. The van der Waals surface area contributed by atoms with Gasteiger partial charge in [0.15, 0.2) is 12.4 Å². The molecule has 27 heavy (non-hydrogen) atoms. The topological polar surface area (TPSA) is 63.7 Å². The highest BCUT2D eigenvalue weighted by Gasteiger charge is 2.48. The first kappa shape index (κ1) is 17.2. The van der Waals surface area contributed by atoms with Crippen molar-refractivity contribution in [3.05, 3.63) is 72.3 Å². The third kappa shape index (κ3) is 3.16. The molecule has 2 amide bonds. The van der Waals surface area contributed by atoms with Crippen LogP contribution in [0, 0.1) is 11.8 Å². The lowest BCUT2D eigenvalue weighted by Crippen LogP contribution is -2.31. The van der Waals surface area contributed by atoms with E-state index in [2.05, 4.69) is 0 Å². The molecule has 2 aromatic carbocycles. The Labute approximate surface area is 157 Å². The van der Waals surface area contributed by atoms with Gasteiger partial charge in [0.05, 0.1) is 17.5 Å². The number of ether oxygens (including phenoxy) is 1. The van der Waals surface area contributed by atoms with E-state index in [4.69, 9.17) is 4.74 Å². The van der Waals surface area contributed by atoms with E-state index in [1.54, 1.807) is 48.5 Å². The lowest BCUT2D eigenvalue weighted by molar-refractivity contribution is -0.122. The number of amides is 2. The van der Waals surface area contributed by atoms with Crippen LogP contribution < -0.4 is 9.64 Å². The highest BCUT2D eigenvalue weighted by Crippen LogP contribution is 2.40. The van der Waals surface area contributed by atoms with Crippen LogP contribution >= 0.6 is 0 Å². The summed E-state index contributed by atoms with van der Waals surface area (Å²) in [6.07, 6.45) is 5.08. The van der Waals surface area contributed by atoms with Gasteiger partial charge >= 0.3 is 0 Å². The standard InChI is InChI=1S/C22H19NO4/c24-19(15-8-2-1-3-9-15)14-27-20-13-7-6-12-18(20)23-21(25)16-10-4-5-11-17(16)22(23)26/h1-9,12-13,16-17H,10-11,14H2/t16-,17-/m1/s1. The van der Waals surface area contributed by atoms with E-state index < -0.39 is 0 Å². The van der Waals surface area contributed by atoms with E-state index in [0.29, 0.717) is 29.8 Å². The summed E-state index contributed by atoms with van der Waals surface area (Å²) in [4.78, 5) is 39.2. The predicted octanol–water partition coefficient (Wildman–Crippen LogP) is 3.40. The van der Waals surface area contributed by atoms with Crippen molar-refractivity contribution in [3.63, 3.8) is 0 Å². The molecule has 0 aromatic heterocycles. The number of carbonyl (C=O) groups excluding carboxylic acids is 3. The molecule has 0 radical (unpaired) electrons. The van der Waals surface area contributed by atoms with E-state index in [-0.39, 0.29) is 36.0 Å². The summed E-state index contributed by atoms with van der Waals surface area (Å²) in [5, 5.41) is 0. The minimum Gasteiger partial charge on any atom is -0.483 e. The van der Waals surface area contributed by atoms with Gasteiger partial charge in [-0.2, -0.15) is 0 Å². The van der Waals surface area contributed by atoms with Crippen LogP contribution in [-0.4, -0.2) is 24.2 Å². The van der Waals surface area contributed by atoms with Crippen molar-refractivity contribution >= 4 is 23.3 Å². The number of ketones is 1. The number of nitrogens with zero attached hydrogens (tertiary/aromatic N) is 1. The number of carbonyl (C=O) groups is 3. The monoisotopic (exact) mass is 361 g/mol. The minimum absolute atomic E-state index is 0.161. The minimum atomic E-state index is -0.304. The van der Waals surface area contributed by atoms with E-state index in [0.717, 1.165) is 0 Å². The van der Waals surface area contributed by atoms with Crippen molar-refractivity contribution in [2.24, 2.45) is 11.8 Å². The summed E-state index contributed by atoms with van der Waals surface area (Å²) in [5.41, 5.74) is 0.961. The van der Waals surface area contributed by atoms with Crippen molar-refractivity contribution in [1.29, 1.82) is 0 Å². The Kier molecular flexibility index (Phi) is 4.59. The van der Waals surface area contributed by atoms with Gasteiger partial charge in [-0.05, 0) is 25.0 Å². The molecule has 5 nitrogen and oxygen atoms in total. The van der Waals surface area contributed by atoms with Crippen LogP contribution in [0.5, 0.6) is 5.75 Å². The zero-order valence-electron chi connectivity index (χ0n) is 14.7. The molecule has 0 bridgehead atoms. The number of hydrogen-bond acceptors (Lipinski definition) is 4. The van der Waals surface area contributed by atoms with Crippen LogP contribution in [0.25, 0.3) is 0 Å². The van der Waals surface area contributed by atoms with Crippen molar-refractivity contribution in [2.75, 3.05) is 11.5 Å². The highest BCUT2D eigenvalue weighted by molar-refractivity contribution is 6.22. The molecule has 0 unspecified atom stereocenters. The first-order valence-electron chi connectivity index (χ1n) is 8.99. The molecule has 5 heteroatoms. The largest absolute Gasteiger partial charge is 0.483 e. The number of fused-ring (bicyclic) bond motifs is 1. The molecule has 2 aliphatic rings. The smallest absolute Gasteiger partial charge is 0.238 e. The predicted molar refractivity (Wildman–Crippen MR) is 101 cm³/mol. The Bertz CT molecular complexity index is 893. The maximum atomic E-state index is 12.8. The second kappa shape index (κ2) is 7.19. The Hall–Kier alpha value is -3.21. The van der Waals surface area contributed by atoms with Crippen LogP contribution in [-0.2, 0) is 9.59 Å². The molecule has 2 aromatic rings. The molecule has 1 heterocycles. The number of benzene rings is 2. The molecular formula is C22H19NO4. The lowest BCUT2D eigenvalue weighted by Gasteiger charge is -2.18. The average molecular weight is 361 g/mol. The first-order chi connectivity index (χ1) is 13.2. The molecule has 0 N–H and O–H groups in total. The zero-order valence-corrected chi connectivity index (χ0v) is 14.7. The Balaban J connectivity index is 1.56. The molecule has 2 atom stereocenters. The van der Waals surface area contributed by atoms with Crippen LogP contribution in [0.4, 0.5) is 5.69 Å². The maximum absolute atomic E-state index is 12.8. The summed E-state index contributed by atoms with van der Waals surface area (Å²) in [6.45, 7) is -0.161. The summed E-state index contributed by atoms with van der Waals surface area (Å²) < 4.78 is 5.70. The number of hydrogen-bond donors (Lipinski definition) is 0. The van der Waals surface area contributed by atoms with Gasteiger partial charge in [-0.3, -0.25) is 14.4 Å².